The molecule has 0 amide bonds. The third kappa shape index (κ3) is 2.85. The highest BCUT2D eigenvalue weighted by molar-refractivity contribution is 5.89. The molecule has 0 radical (unpaired) electrons. The lowest BCUT2D eigenvalue weighted by molar-refractivity contribution is 0.0600. The second-order valence-corrected chi connectivity index (χ2v) is 3.05. The molecule has 0 aliphatic rings. The van der Waals surface area contributed by atoms with Crippen LogP contribution in [0.25, 0.3) is 0 Å². The van der Waals surface area contributed by atoms with Crippen molar-refractivity contribution in [3.63, 3.8) is 0 Å². The maximum absolute atomic E-state index is 11.2. The molecule has 3 heteroatoms. The summed E-state index contributed by atoms with van der Waals surface area (Å²) in [5, 5.41) is 3.06. The van der Waals surface area contributed by atoms with Crippen molar-refractivity contribution in [2.24, 2.45) is 0 Å². The van der Waals surface area contributed by atoms with E-state index in [0.717, 1.165) is 18.5 Å². The highest BCUT2D eigenvalue weighted by atomic mass is 16.5. The van der Waals surface area contributed by atoms with Crippen molar-refractivity contribution in [1.82, 2.24) is 5.32 Å². The summed E-state index contributed by atoms with van der Waals surface area (Å²) in [6.07, 6.45) is 0.918. The molecule has 1 aromatic rings. The van der Waals surface area contributed by atoms with Crippen LogP contribution in [0.1, 0.15) is 15.9 Å². The fraction of sp³-hybridized carbons (Fsp3) is 0.364. The van der Waals surface area contributed by atoms with Gasteiger partial charge >= 0.3 is 5.97 Å². The van der Waals surface area contributed by atoms with E-state index in [1.807, 2.05) is 25.2 Å². The van der Waals surface area contributed by atoms with E-state index >= 15 is 0 Å². The lowest BCUT2D eigenvalue weighted by Gasteiger charge is -2.03. The maximum atomic E-state index is 11.2. The summed E-state index contributed by atoms with van der Waals surface area (Å²) in [6, 6.07) is 7.50. The summed E-state index contributed by atoms with van der Waals surface area (Å²) in [6.45, 7) is 0.907. The Hall–Kier alpha value is -1.35. The van der Waals surface area contributed by atoms with Crippen molar-refractivity contribution in [1.29, 1.82) is 0 Å². The van der Waals surface area contributed by atoms with E-state index in [2.05, 4.69) is 10.1 Å². The van der Waals surface area contributed by atoms with E-state index in [1.54, 1.807) is 6.07 Å². The number of benzene rings is 1. The highest BCUT2D eigenvalue weighted by Crippen LogP contribution is 2.06. The van der Waals surface area contributed by atoms with Crippen LogP contribution in [0.2, 0.25) is 0 Å². The van der Waals surface area contributed by atoms with Gasteiger partial charge in [0.15, 0.2) is 0 Å². The Kier molecular flexibility index (Phi) is 4.13. The third-order valence-electron chi connectivity index (χ3n) is 2.01. The molecule has 1 rings (SSSR count). The first-order valence-electron chi connectivity index (χ1n) is 4.59. The Bertz CT molecular complexity index is 310. The molecule has 0 aromatic heterocycles. The van der Waals surface area contributed by atoms with Crippen molar-refractivity contribution in [2.75, 3.05) is 20.7 Å². The van der Waals surface area contributed by atoms with Gasteiger partial charge in [-0.1, -0.05) is 12.1 Å². The lowest BCUT2D eigenvalue weighted by atomic mass is 10.1. The number of ether oxygens (including phenoxy) is 1. The second-order valence-electron chi connectivity index (χ2n) is 3.05. The molecular formula is C11H15NO2. The molecular weight excluding hydrogens is 178 g/mol. The first kappa shape index (κ1) is 10.7. The van der Waals surface area contributed by atoms with Gasteiger partial charge in [-0.3, -0.25) is 0 Å². The van der Waals surface area contributed by atoms with Gasteiger partial charge in [-0.15, -0.1) is 0 Å². The molecule has 76 valence electrons. The van der Waals surface area contributed by atoms with Gasteiger partial charge in [0, 0.05) is 0 Å². The number of carbonyl (C=O) groups is 1. The van der Waals surface area contributed by atoms with Gasteiger partial charge in [-0.2, -0.15) is 0 Å². The SMILES string of the molecule is CNCCc1cccc(C(=O)OC)c1. The molecule has 0 heterocycles. The quantitative estimate of drug-likeness (QED) is 0.731. The molecule has 0 spiro atoms. The monoisotopic (exact) mass is 193 g/mol. The van der Waals surface area contributed by atoms with Gasteiger partial charge in [-0.05, 0) is 37.7 Å². The zero-order valence-electron chi connectivity index (χ0n) is 8.54. The predicted octanol–water partition coefficient (Wildman–Crippen LogP) is 1.24. The van der Waals surface area contributed by atoms with E-state index in [-0.39, 0.29) is 5.97 Å². The van der Waals surface area contributed by atoms with Crippen LogP contribution in [-0.4, -0.2) is 26.7 Å². The Labute approximate surface area is 84.1 Å². The molecule has 1 N–H and O–H groups in total. The molecule has 0 unspecified atom stereocenters. The second kappa shape index (κ2) is 5.40. The van der Waals surface area contributed by atoms with Crippen LogP contribution in [0.5, 0.6) is 0 Å². The fourth-order valence-corrected chi connectivity index (χ4v) is 1.24. The van der Waals surface area contributed by atoms with E-state index in [9.17, 15) is 4.79 Å². The zero-order chi connectivity index (χ0) is 10.4. The first-order chi connectivity index (χ1) is 6.77. The predicted molar refractivity (Wildman–Crippen MR) is 55.4 cm³/mol. The van der Waals surface area contributed by atoms with E-state index in [1.165, 1.54) is 7.11 Å². The van der Waals surface area contributed by atoms with Crippen LogP contribution in [-0.2, 0) is 11.2 Å². The van der Waals surface area contributed by atoms with Crippen molar-refractivity contribution < 1.29 is 9.53 Å². The van der Waals surface area contributed by atoms with Crippen molar-refractivity contribution in [3.8, 4) is 0 Å². The summed E-state index contributed by atoms with van der Waals surface area (Å²) in [5.74, 6) is -0.281. The molecule has 1 aromatic carbocycles. The number of hydrogen-bond donors (Lipinski definition) is 1. The third-order valence-corrected chi connectivity index (χ3v) is 2.01. The fourth-order valence-electron chi connectivity index (χ4n) is 1.24. The Morgan fingerprint density at radius 2 is 2.29 bits per heavy atom. The molecule has 0 atom stereocenters. The van der Waals surface area contributed by atoms with Crippen LogP contribution in [0, 0.1) is 0 Å². The number of methoxy groups -OCH3 is 1. The number of hydrogen-bond acceptors (Lipinski definition) is 3. The average molecular weight is 193 g/mol. The summed E-state index contributed by atoms with van der Waals surface area (Å²) in [7, 11) is 3.30. The molecule has 0 fully saturated rings. The summed E-state index contributed by atoms with van der Waals surface area (Å²) in [4.78, 5) is 11.2. The van der Waals surface area contributed by atoms with Gasteiger partial charge < -0.3 is 10.1 Å². The van der Waals surface area contributed by atoms with Gasteiger partial charge in [0.1, 0.15) is 0 Å². The van der Waals surface area contributed by atoms with Crippen LogP contribution >= 0.6 is 0 Å². The van der Waals surface area contributed by atoms with Crippen LogP contribution in [0.3, 0.4) is 0 Å². The molecule has 3 nitrogen and oxygen atoms in total. The van der Waals surface area contributed by atoms with Crippen LogP contribution < -0.4 is 5.32 Å². The molecule has 0 aliphatic carbocycles. The minimum absolute atomic E-state index is 0.281. The highest BCUT2D eigenvalue weighted by Gasteiger charge is 2.04. The van der Waals surface area contributed by atoms with Crippen molar-refractivity contribution in [2.45, 2.75) is 6.42 Å². The Balaban J connectivity index is 2.73. The molecule has 0 saturated carbocycles. The summed E-state index contributed by atoms with van der Waals surface area (Å²) < 4.78 is 4.64. The van der Waals surface area contributed by atoms with Gasteiger partial charge in [0.2, 0.25) is 0 Å². The van der Waals surface area contributed by atoms with E-state index < -0.39 is 0 Å². The largest absolute Gasteiger partial charge is 0.465 e. The molecule has 0 bridgehead atoms. The minimum Gasteiger partial charge on any atom is -0.465 e. The first-order valence-corrected chi connectivity index (χ1v) is 4.59. The standard InChI is InChI=1S/C11H15NO2/c1-12-7-6-9-4-3-5-10(8-9)11(13)14-2/h3-5,8,12H,6-7H2,1-2H3. The van der Waals surface area contributed by atoms with Gasteiger partial charge in [0.25, 0.3) is 0 Å². The number of rotatable bonds is 4. The molecule has 0 saturated heterocycles. The Morgan fingerprint density at radius 3 is 2.93 bits per heavy atom. The Morgan fingerprint density at radius 1 is 1.50 bits per heavy atom. The summed E-state index contributed by atoms with van der Waals surface area (Å²) >= 11 is 0. The molecule has 14 heavy (non-hydrogen) atoms. The number of nitrogens with one attached hydrogen (secondary N) is 1. The van der Waals surface area contributed by atoms with Gasteiger partial charge in [0.05, 0.1) is 12.7 Å². The number of esters is 1. The smallest absolute Gasteiger partial charge is 0.337 e. The normalized spacial score (nSPS) is 9.86. The van der Waals surface area contributed by atoms with Crippen LogP contribution in [0.4, 0.5) is 0 Å². The van der Waals surface area contributed by atoms with Crippen molar-refractivity contribution >= 4 is 5.97 Å². The number of carbonyl (C=O) groups excluding carboxylic acids is 1. The van der Waals surface area contributed by atoms with E-state index in [0.29, 0.717) is 5.56 Å². The number of likely N-dealkylation sites (N-methyl/N-ethyl adjacent to an activating group) is 1. The van der Waals surface area contributed by atoms with E-state index in [4.69, 9.17) is 0 Å². The lowest BCUT2D eigenvalue weighted by Crippen LogP contribution is -2.10. The summed E-state index contributed by atoms with van der Waals surface area (Å²) in [5.41, 5.74) is 1.75. The maximum Gasteiger partial charge on any atom is 0.337 e. The minimum atomic E-state index is -0.281. The topological polar surface area (TPSA) is 38.3 Å². The average Bonchev–Trinajstić information content (AvgIpc) is 2.25. The van der Waals surface area contributed by atoms with Gasteiger partial charge in [-0.25, -0.2) is 4.79 Å². The molecule has 0 aliphatic heterocycles. The van der Waals surface area contributed by atoms with Crippen LogP contribution in [0.15, 0.2) is 24.3 Å². The zero-order valence-corrected chi connectivity index (χ0v) is 8.54. The van der Waals surface area contributed by atoms with Crippen molar-refractivity contribution in [3.05, 3.63) is 35.4 Å².